The summed E-state index contributed by atoms with van der Waals surface area (Å²) in [5.41, 5.74) is 20.1. The van der Waals surface area contributed by atoms with Gasteiger partial charge in [0.25, 0.3) is 0 Å². The molecule has 0 amide bonds. The Kier molecular flexibility index (Phi) is 10.1. The van der Waals surface area contributed by atoms with Crippen molar-refractivity contribution in [2.75, 3.05) is 4.90 Å². The summed E-state index contributed by atoms with van der Waals surface area (Å²) >= 11 is 0. The Morgan fingerprint density at radius 1 is 0.229 bits per heavy atom. The fourth-order valence-corrected chi connectivity index (χ4v) is 11.4. The zero-order valence-corrected chi connectivity index (χ0v) is 38.6. The van der Waals surface area contributed by atoms with Crippen LogP contribution in [0.2, 0.25) is 0 Å². The lowest BCUT2D eigenvalue weighted by Crippen LogP contribution is -2.28. The van der Waals surface area contributed by atoms with Gasteiger partial charge in [-0.25, -0.2) is 0 Å². The lowest BCUT2D eigenvalue weighted by Gasteiger charge is -2.35. The van der Waals surface area contributed by atoms with Gasteiger partial charge in [-0.2, -0.15) is 0 Å². The number of rotatable bonds is 9. The molecule has 0 aromatic heterocycles. The smallest absolute Gasteiger partial charge is 0.0713 e. The van der Waals surface area contributed by atoms with E-state index in [-0.39, 0.29) is 0 Å². The number of anilines is 3. The van der Waals surface area contributed by atoms with Gasteiger partial charge in [-0.05, 0) is 113 Å². The van der Waals surface area contributed by atoms with Crippen LogP contribution in [-0.2, 0) is 5.41 Å². The summed E-state index contributed by atoms with van der Waals surface area (Å²) in [6.07, 6.45) is 0. The lowest BCUT2D eigenvalue weighted by molar-refractivity contribution is 0.768. The highest BCUT2D eigenvalue weighted by Gasteiger charge is 2.45. The minimum absolute atomic E-state index is 0.495. The molecule has 0 spiro atoms. The van der Waals surface area contributed by atoms with Gasteiger partial charge in [-0.1, -0.05) is 261 Å². The molecule has 0 unspecified atom stereocenters. The van der Waals surface area contributed by atoms with Crippen LogP contribution in [0.4, 0.5) is 17.1 Å². The van der Waals surface area contributed by atoms with Crippen molar-refractivity contribution in [3.63, 3.8) is 0 Å². The third-order valence-electron chi connectivity index (χ3n) is 14.6. The van der Waals surface area contributed by atoms with Crippen LogP contribution in [0.5, 0.6) is 0 Å². The molecule has 1 nitrogen and oxygen atoms in total. The molecule has 12 aromatic carbocycles. The molecule has 0 aliphatic heterocycles. The van der Waals surface area contributed by atoms with Crippen molar-refractivity contribution in [3.8, 4) is 55.6 Å². The first-order valence-corrected chi connectivity index (χ1v) is 24.2. The molecule has 13 rings (SSSR count). The van der Waals surface area contributed by atoms with E-state index in [1.807, 2.05) is 0 Å². The highest BCUT2D eigenvalue weighted by Crippen LogP contribution is 2.57. The van der Waals surface area contributed by atoms with Crippen LogP contribution in [0.15, 0.2) is 285 Å². The Labute approximate surface area is 409 Å². The molecular formula is C69H47N. The van der Waals surface area contributed by atoms with E-state index >= 15 is 0 Å². The van der Waals surface area contributed by atoms with Crippen molar-refractivity contribution >= 4 is 38.6 Å². The van der Waals surface area contributed by atoms with Gasteiger partial charge in [-0.15, -0.1) is 0 Å². The van der Waals surface area contributed by atoms with Gasteiger partial charge in [0.2, 0.25) is 0 Å². The summed E-state index contributed by atoms with van der Waals surface area (Å²) in [4.78, 5) is 2.50. The molecule has 1 heteroatoms. The second kappa shape index (κ2) is 17.2. The fraction of sp³-hybridized carbons (Fsp3) is 0.0145. The number of benzene rings is 12. The maximum absolute atomic E-state index is 2.50. The van der Waals surface area contributed by atoms with Crippen LogP contribution in [0.1, 0.15) is 22.3 Å². The van der Waals surface area contributed by atoms with Gasteiger partial charge < -0.3 is 4.90 Å². The summed E-state index contributed by atoms with van der Waals surface area (Å²) in [5, 5.41) is 4.88. The van der Waals surface area contributed by atoms with Gasteiger partial charge >= 0.3 is 0 Å². The summed E-state index contributed by atoms with van der Waals surface area (Å²) < 4.78 is 0. The van der Waals surface area contributed by atoms with Crippen LogP contribution in [0, 0.1) is 0 Å². The van der Waals surface area contributed by atoms with E-state index in [9.17, 15) is 0 Å². The average Bonchev–Trinajstić information content (AvgIpc) is 3.75. The first-order valence-electron chi connectivity index (χ1n) is 24.2. The Bertz CT molecular complexity index is 3780. The Balaban J connectivity index is 0.971. The molecule has 0 heterocycles. The molecule has 0 saturated carbocycles. The summed E-state index contributed by atoms with van der Waals surface area (Å²) in [6.45, 7) is 0. The zero-order chi connectivity index (χ0) is 46.4. The van der Waals surface area contributed by atoms with E-state index in [0.29, 0.717) is 0 Å². The van der Waals surface area contributed by atoms with E-state index in [1.54, 1.807) is 0 Å². The molecule has 0 radical (unpaired) electrons. The summed E-state index contributed by atoms with van der Waals surface area (Å²) in [7, 11) is 0. The minimum atomic E-state index is -0.495. The molecule has 70 heavy (non-hydrogen) atoms. The van der Waals surface area contributed by atoms with Gasteiger partial charge in [0.15, 0.2) is 0 Å². The molecule has 1 aliphatic carbocycles. The van der Waals surface area contributed by atoms with Crippen LogP contribution in [0.25, 0.3) is 77.2 Å². The van der Waals surface area contributed by atoms with Crippen molar-refractivity contribution in [1.82, 2.24) is 0 Å². The second-order valence-electron chi connectivity index (χ2n) is 18.3. The van der Waals surface area contributed by atoms with Crippen molar-refractivity contribution in [2.24, 2.45) is 0 Å². The van der Waals surface area contributed by atoms with Crippen LogP contribution >= 0.6 is 0 Å². The van der Waals surface area contributed by atoms with Crippen molar-refractivity contribution in [1.29, 1.82) is 0 Å². The van der Waals surface area contributed by atoms with Crippen LogP contribution in [-0.4, -0.2) is 0 Å². The second-order valence-corrected chi connectivity index (χ2v) is 18.3. The van der Waals surface area contributed by atoms with E-state index in [0.717, 1.165) is 17.1 Å². The van der Waals surface area contributed by atoms with E-state index < -0.39 is 5.41 Å². The molecule has 1 aliphatic rings. The third kappa shape index (κ3) is 6.78. The zero-order valence-electron chi connectivity index (χ0n) is 38.6. The Morgan fingerprint density at radius 3 is 1.06 bits per heavy atom. The highest BCUT2D eigenvalue weighted by atomic mass is 15.1. The molecule has 0 N–H and O–H groups in total. The minimum Gasteiger partial charge on any atom is -0.309 e. The maximum Gasteiger partial charge on any atom is 0.0713 e. The SMILES string of the molecule is c1ccc(-c2ccc(-c3ccc(-c4ccc(N(c5ccc(C6(c7ccccc7)c7ccccc7-c7ccccc76)cc5)c5c(-c6ccccc6)c6ccccc6c6ccccc56)cc4)cc3)cc2)cc1. The Hall–Kier alpha value is -9.04. The molecule has 0 bridgehead atoms. The largest absolute Gasteiger partial charge is 0.309 e. The molecular weight excluding hydrogens is 843 g/mol. The first kappa shape index (κ1) is 41.2. The molecule has 12 aromatic rings. The normalized spacial score (nSPS) is 12.4. The molecule has 0 fully saturated rings. The van der Waals surface area contributed by atoms with Gasteiger partial charge in [0.1, 0.15) is 0 Å². The molecule has 0 atom stereocenters. The summed E-state index contributed by atoms with van der Waals surface area (Å²) in [6, 6.07) is 105. The van der Waals surface area contributed by atoms with Crippen molar-refractivity contribution < 1.29 is 0 Å². The average molecular weight is 890 g/mol. The van der Waals surface area contributed by atoms with E-state index in [2.05, 4.69) is 290 Å². The summed E-state index contributed by atoms with van der Waals surface area (Å²) in [5.74, 6) is 0. The number of hydrogen-bond acceptors (Lipinski definition) is 1. The number of hydrogen-bond donors (Lipinski definition) is 0. The molecule has 328 valence electrons. The van der Waals surface area contributed by atoms with Gasteiger partial charge in [0, 0.05) is 22.3 Å². The number of fused-ring (bicyclic) bond motifs is 6. The monoisotopic (exact) mass is 889 g/mol. The van der Waals surface area contributed by atoms with Crippen LogP contribution in [0.3, 0.4) is 0 Å². The topological polar surface area (TPSA) is 3.24 Å². The Morgan fingerprint density at radius 2 is 0.557 bits per heavy atom. The third-order valence-corrected chi connectivity index (χ3v) is 14.6. The molecule has 0 saturated heterocycles. The predicted molar refractivity (Wildman–Crippen MR) is 295 cm³/mol. The van der Waals surface area contributed by atoms with Crippen molar-refractivity contribution in [2.45, 2.75) is 5.41 Å². The lowest BCUT2D eigenvalue weighted by atomic mass is 9.67. The number of nitrogens with zero attached hydrogens (tertiary/aromatic N) is 1. The van der Waals surface area contributed by atoms with Crippen molar-refractivity contribution in [3.05, 3.63) is 307 Å². The first-order chi connectivity index (χ1) is 34.7. The fourth-order valence-electron chi connectivity index (χ4n) is 11.4. The quantitative estimate of drug-likeness (QED) is 0.131. The van der Waals surface area contributed by atoms with Gasteiger partial charge in [0.05, 0.1) is 11.1 Å². The maximum atomic E-state index is 2.50. The predicted octanol–water partition coefficient (Wildman–Crippen LogP) is 18.5. The standard InChI is InChI=1S/C69H47N/c1-4-18-48(19-5-1)49-32-34-50(35-33-49)51-36-38-52(39-37-51)53-40-44-57(45-41-53)70(68-64-29-13-11-25-60(64)59-24-10-12-28-63(59)67(68)54-20-6-2-7-21-54)58-46-42-56(43-47-58)69(55-22-8-3-9-23-55)65-30-16-14-26-61(65)62-27-15-17-31-66(62)69/h1-47H. The van der Waals surface area contributed by atoms with E-state index in [4.69, 9.17) is 0 Å². The highest BCUT2D eigenvalue weighted by molar-refractivity contribution is 6.22. The van der Waals surface area contributed by atoms with Gasteiger partial charge in [-0.3, -0.25) is 0 Å². The van der Waals surface area contributed by atoms with E-state index in [1.165, 1.54) is 99.4 Å². The van der Waals surface area contributed by atoms with Crippen LogP contribution < -0.4 is 4.90 Å².